The van der Waals surface area contributed by atoms with Crippen molar-refractivity contribution in [3.8, 4) is 0 Å². The van der Waals surface area contributed by atoms with Gasteiger partial charge in [0.1, 0.15) is 12.6 Å². The molecule has 0 saturated heterocycles. The first-order chi connectivity index (χ1) is 10.7. The summed E-state index contributed by atoms with van der Waals surface area (Å²) < 4.78 is 10.2. The number of carbonyl (C=O) groups is 2. The highest BCUT2D eigenvalue weighted by atomic mass is 16.5. The molecule has 22 heavy (non-hydrogen) atoms. The van der Waals surface area contributed by atoms with Crippen molar-refractivity contribution >= 4 is 11.9 Å². The highest BCUT2D eigenvalue weighted by Crippen LogP contribution is 2.14. The fraction of sp³-hybridized carbons (Fsp3) is 0.294. The SMILES string of the molecule is C=CCOC(=O)N[C@@H](Cc1ccccc1)C(=O)C1=CCCO1. The summed E-state index contributed by atoms with van der Waals surface area (Å²) in [6, 6.07) is 8.76. The normalized spacial score (nSPS) is 14.5. The van der Waals surface area contributed by atoms with E-state index >= 15 is 0 Å². The van der Waals surface area contributed by atoms with Crippen molar-refractivity contribution in [2.75, 3.05) is 13.2 Å². The monoisotopic (exact) mass is 301 g/mol. The molecule has 2 rings (SSSR count). The van der Waals surface area contributed by atoms with Gasteiger partial charge in [-0.1, -0.05) is 43.0 Å². The zero-order valence-electron chi connectivity index (χ0n) is 12.3. The predicted octanol–water partition coefficient (Wildman–Crippen LogP) is 2.38. The molecule has 1 aliphatic heterocycles. The molecule has 0 fully saturated rings. The first-order valence-corrected chi connectivity index (χ1v) is 7.16. The number of Topliss-reactive ketones (excluding diaryl/α,β-unsaturated/α-hetero) is 1. The molecule has 5 nitrogen and oxygen atoms in total. The summed E-state index contributed by atoms with van der Waals surface area (Å²) in [6.45, 7) is 4.07. The van der Waals surface area contributed by atoms with E-state index in [-0.39, 0.29) is 12.4 Å². The molecule has 0 bridgehead atoms. The van der Waals surface area contributed by atoms with Gasteiger partial charge in [-0.15, -0.1) is 0 Å². The lowest BCUT2D eigenvalue weighted by atomic mass is 10.0. The lowest BCUT2D eigenvalue weighted by Crippen LogP contribution is -2.43. The van der Waals surface area contributed by atoms with Crippen LogP contribution in [0.3, 0.4) is 0 Å². The molecule has 116 valence electrons. The van der Waals surface area contributed by atoms with Gasteiger partial charge in [0.15, 0.2) is 5.76 Å². The molecule has 5 heteroatoms. The van der Waals surface area contributed by atoms with Crippen molar-refractivity contribution < 1.29 is 19.1 Å². The third-order valence-electron chi connectivity index (χ3n) is 3.17. The van der Waals surface area contributed by atoms with E-state index in [1.54, 1.807) is 6.08 Å². The Bertz CT molecular complexity index is 565. The molecular weight excluding hydrogens is 282 g/mol. The van der Waals surface area contributed by atoms with E-state index in [4.69, 9.17) is 9.47 Å². The number of amides is 1. The van der Waals surface area contributed by atoms with Crippen molar-refractivity contribution in [1.82, 2.24) is 5.32 Å². The van der Waals surface area contributed by atoms with Gasteiger partial charge in [-0.2, -0.15) is 0 Å². The fourth-order valence-corrected chi connectivity index (χ4v) is 2.14. The van der Waals surface area contributed by atoms with Crippen LogP contribution in [0.25, 0.3) is 0 Å². The molecule has 1 N–H and O–H groups in total. The van der Waals surface area contributed by atoms with Gasteiger partial charge in [0.2, 0.25) is 5.78 Å². The van der Waals surface area contributed by atoms with Crippen LogP contribution in [0.1, 0.15) is 12.0 Å². The Balaban J connectivity index is 2.07. The van der Waals surface area contributed by atoms with Crippen molar-refractivity contribution in [3.63, 3.8) is 0 Å². The molecule has 1 aliphatic rings. The Kier molecular flexibility index (Phi) is 5.77. The minimum Gasteiger partial charge on any atom is -0.490 e. The van der Waals surface area contributed by atoms with Crippen LogP contribution in [-0.4, -0.2) is 31.1 Å². The van der Waals surface area contributed by atoms with E-state index in [2.05, 4.69) is 11.9 Å². The second kappa shape index (κ2) is 8.02. The van der Waals surface area contributed by atoms with Gasteiger partial charge in [0, 0.05) is 12.8 Å². The minimum atomic E-state index is -0.718. The van der Waals surface area contributed by atoms with E-state index in [9.17, 15) is 9.59 Å². The number of alkyl carbamates (subject to hydrolysis) is 1. The van der Waals surface area contributed by atoms with E-state index < -0.39 is 12.1 Å². The standard InChI is InChI=1S/C17H19NO4/c1-2-10-22-17(20)18-14(12-13-7-4-3-5-8-13)16(19)15-9-6-11-21-15/h2-5,7-9,14H,1,6,10-12H2,(H,18,20)/t14-/m0/s1. The number of benzene rings is 1. The average molecular weight is 301 g/mol. The van der Waals surface area contributed by atoms with Crippen LogP contribution < -0.4 is 5.32 Å². The largest absolute Gasteiger partial charge is 0.490 e. The summed E-state index contributed by atoms with van der Waals surface area (Å²) >= 11 is 0. The second-order valence-corrected chi connectivity index (χ2v) is 4.84. The summed E-state index contributed by atoms with van der Waals surface area (Å²) in [4.78, 5) is 24.2. The van der Waals surface area contributed by atoms with Crippen molar-refractivity contribution in [3.05, 3.63) is 60.4 Å². The average Bonchev–Trinajstić information content (AvgIpc) is 3.07. The van der Waals surface area contributed by atoms with Gasteiger partial charge >= 0.3 is 6.09 Å². The van der Waals surface area contributed by atoms with E-state index in [0.29, 0.717) is 25.2 Å². The summed E-state index contributed by atoms with van der Waals surface area (Å²) in [5.74, 6) is 0.0712. The van der Waals surface area contributed by atoms with Gasteiger partial charge in [-0.3, -0.25) is 4.79 Å². The van der Waals surface area contributed by atoms with Gasteiger partial charge in [-0.05, 0) is 11.6 Å². The molecule has 1 aromatic carbocycles. The summed E-state index contributed by atoms with van der Waals surface area (Å²) in [5.41, 5.74) is 0.948. The first kappa shape index (κ1) is 15.8. The molecule has 0 saturated carbocycles. The van der Waals surface area contributed by atoms with Crippen LogP contribution >= 0.6 is 0 Å². The zero-order chi connectivity index (χ0) is 15.8. The molecular formula is C17H19NO4. The number of ketones is 1. The topological polar surface area (TPSA) is 64.6 Å². The van der Waals surface area contributed by atoms with Crippen LogP contribution in [0.15, 0.2) is 54.8 Å². The predicted molar refractivity (Wildman–Crippen MR) is 82.3 cm³/mol. The highest BCUT2D eigenvalue weighted by Gasteiger charge is 2.27. The third kappa shape index (κ3) is 4.48. The van der Waals surface area contributed by atoms with Crippen LogP contribution in [0.4, 0.5) is 4.79 Å². The third-order valence-corrected chi connectivity index (χ3v) is 3.17. The van der Waals surface area contributed by atoms with Crippen molar-refractivity contribution in [2.24, 2.45) is 0 Å². The van der Waals surface area contributed by atoms with Gasteiger partial charge < -0.3 is 14.8 Å². The lowest BCUT2D eigenvalue weighted by molar-refractivity contribution is -0.120. The summed E-state index contributed by atoms with van der Waals surface area (Å²) in [5, 5.41) is 2.60. The highest BCUT2D eigenvalue weighted by molar-refractivity contribution is 5.99. The molecule has 1 atom stereocenters. The summed E-state index contributed by atoms with van der Waals surface area (Å²) in [7, 11) is 0. The molecule has 0 radical (unpaired) electrons. The Hall–Kier alpha value is -2.56. The molecule has 0 aromatic heterocycles. The van der Waals surface area contributed by atoms with Crippen molar-refractivity contribution in [1.29, 1.82) is 0 Å². The molecule has 0 spiro atoms. The summed E-state index contributed by atoms with van der Waals surface area (Å²) in [6.07, 6.45) is 3.66. The number of ether oxygens (including phenoxy) is 2. The minimum absolute atomic E-state index is 0.0945. The Morgan fingerprint density at radius 2 is 2.14 bits per heavy atom. The maximum atomic E-state index is 12.5. The van der Waals surface area contributed by atoms with Gasteiger partial charge in [0.05, 0.1) is 6.61 Å². The number of carbonyl (C=O) groups excluding carboxylic acids is 2. The molecule has 0 unspecified atom stereocenters. The number of hydrogen-bond acceptors (Lipinski definition) is 4. The Morgan fingerprint density at radius 3 is 2.77 bits per heavy atom. The fourth-order valence-electron chi connectivity index (χ4n) is 2.14. The maximum Gasteiger partial charge on any atom is 0.408 e. The van der Waals surface area contributed by atoms with E-state index in [1.807, 2.05) is 30.3 Å². The van der Waals surface area contributed by atoms with Crippen LogP contribution in [0.2, 0.25) is 0 Å². The lowest BCUT2D eigenvalue weighted by Gasteiger charge is -2.18. The number of hydrogen-bond donors (Lipinski definition) is 1. The van der Waals surface area contributed by atoms with E-state index in [0.717, 1.165) is 5.56 Å². The second-order valence-electron chi connectivity index (χ2n) is 4.84. The van der Waals surface area contributed by atoms with Gasteiger partial charge in [-0.25, -0.2) is 4.79 Å². The number of rotatable bonds is 7. The quantitative estimate of drug-likeness (QED) is 0.785. The maximum absolute atomic E-state index is 12.5. The Morgan fingerprint density at radius 1 is 1.36 bits per heavy atom. The van der Waals surface area contributed by atoms with Gasteiger partial charge in [0.25, 0.3) is 0 Å². The molecule has 1 amide bonds. The zero-order valence-corrected chi connectivity index (χ0v) is 12.3. The first-order valence-electron chi connectivity index (χ1n) is 7.16. The Labute approximate surface area is 129 Å². The molecule has 1 heterocycles. The molecule has 0 aliphatic carbocycles. The van der Waals surface area contributed by atoms with Crippen LogP contribution in [0, 0.1) is 0 Å². The smallest absolute Gasteiger partial charge is 0.408 e. The van der Waals surface area contributed by atoms with Crippen LogP contribution in [-0.2, 0) is 20.7 Å². The molecule has 1 aromatic rings. The van der Waals surface area contributed by atoms with Crippen LogP contribution in [0.5, 0.6) is 0 Å². The van der Waals surface area contributed by atoms with Crippen molar-refractivity contribution in [2.45, 2.75) is 18.9 Å². The van der Waals surface area contributed by atoms with E-state index in [1.165, 1.54) is 6.08 Å². The number of nitrogens with one attached hydrogen (secondary N) is 1.